The van der Waals surface area contributed by atoms with Crippen LogP contribution in [0.5, 0.6) is 5.75 Å². The molecule has 2 aromatic carbocycles. The zero-order valence-corrected chi connectivity index (χ0v) is 25.1. The zero-order chi connectivity index (χ0) is 28.6. The van der Waals surface area contributed by atoms with E-state index in [9.17, 15) is 13.2 Å². The molecule has 41 heavy (non-hydrogen) atoms. The van der Waals surface area contributed by atoms with E-state index in [0.717, 1.165) is 74.3 Å². The number of sulfonamides is 1. The molecule has 3 heterocycles. The average Bonchev–Trinajstić information content (AvgIpc) is 2.93. The molecule has 4 aliphatic rings. The van der Waals surface area contributed by atoms with Crippen LogP contribution in [0.15, 0.2) is 36.4 Å². The van der Waals surface area contributed by atoms with E-state index >= 15 is 0 Å². The van der Waals surface area contributed by atoms with Gasteiger partial charge in [-0.15, -0.1) is 0 Å². The summed E-state index contributed by atoms with van der Waals surface area (Å²) in [5.74, 6) is 0.632. The fourth-order valence-corrected chi connectivity index (χ4v) is 7.81. The molecule has 1 aliphatic carbocycles. The van der Waals surface area contributed by atoms with Gasteiger partial charge in [-0.1, -0.05) is 17.7 Å². The second-order valence-electron chi connectivity index (χ2n) is 12.0. The minimum Gasteiger partial charge on any atom is -0.487 e. The van der Waals surface area contributed by atoms with E-state index in [-0.39, 0.29) is 36.2 Å². The van der Waals surface area contributed by atoms with Gasteiger partial charge < -0.3 is 19.1 Å². The summed E-state index contributed by atoms with van der Waals surface area (Å²) in [5, 5.41) is 0.720. The van der Waals surface area contributed by atoms with Crippen molar-refractivity contribution in [2.45, 2.75) is 76.8 Å². The maximum absolute atomic E-state index is 13.2. The monoisotopic (exact) mass is 602 g/mol. The molecule has 10 heteroatoms. The van der Waals surface area contributed by atoms with Crippen LogP contribution in [-0.2, 0) is 32.5 Å². The van der Waals surface area contributed by atoms with E-state index in [4.69, 9.17) is 25.8 Å². The molecule has 222 valence electrons. The highest BCUT2D eigenvalue weighted by atomic mass is 35.5. The quantitative estimate of drug-likeness (QED) is 0.448. The molecule has 2 aromatic rings. The van der Waals surface area contributed by atoms with E-state index < -0.39 is 15.9 Å². The lowest BCUT2D eigenvalue weighted by molar-refractivity contribution is -0.146. The molecule has 2 fully saturated rings. The Morgan fingerprint density at radius 2 is 1.93 bits per heavy atom. The van der Waals surface area contributed by atoms with Gasteiger partial charge in [-0.2, -0.15) is 0 Å². The molecule has 3 aliphatic heterocycles. The van der Waals surface area contributed by atoms with Gasteiger partial charge in [0.15, 0.2) is 0 Å². The molecule has 4 bridgehead atoms. The second kappa shape index (κ2) is 12.1. The molecule has 1 saturated carbocycles. The number of ether oxygens (including phenoxy) is 3. The zero-order valence-electron chi connectivity index (χ0n) is 23.5. The number of nitrogens with one attached hydrogen (secondary N) is 1. The second-order valence-corrected chi connectivity index (χ2v) is 14.3. The Kier molecular flexibility index (Phi) is 8.50. The fraction of sp³-hybridized carbons (Fsp3) is 0.581. The van der Waals surface area contributed by atoms with Crippen molar-refractivity contribution in [3.05, 3.63) is 58.1 Å². The standard InChI is InChI=1S/C31H39ClN2O6S/c1-20-14-26-17-30(40-20)27-9-6-23(27)18-34-11-3-2-4-21-15-25(32)8-5-24(21)19-39-29-10-7-22(16-28(29)34)31(35)33-41(36,37)13-12-38-26/h5,7-8,10,15-16,20,23,26-27,30H,2-4,6,9,11-14,17-19H2,1H3,(H,33,35)/t20-,23+,26-,27-,30+/m1/s1. The summed E-state index contributed by atoms with van der Waals surface area (Å²) in [6.45, 7) is 4.11. The molecule has 0 aromatic heterocycles. The van der Waals surface area contributed by atoms with E-state index in [1.807, 2.05) is 18.2 Å². The Labute approximate surface area is 247 Å². The maximum atomic E-state index is 13.2. The highest BCUT2D eigenvalue weighted by molar-refractivity contribution is 7.90. The van der Waals surface area contributed by atoms with Crippen molar-refractivity contribution in [3.8, 4) is 5.75 Å². The number of nitrogens with zero attached hydrogens (tertiary/aromatic N) is 1. The number of benzene rings is 2. The number of halogens is 1. The Bertz CT molecular complexity index is 1380. The van der Waals surface area contributed by atoms with Crippen molar-refractivity contribution < 1.29 is 27.4 Å². The number of amides is 1. The van der Waals surface area contributed by atoms with Crippen LogP contribution in [0.2, 0.25) is 5.02 Å². The number of carbonyl (C=O) groups excluding carboxylic acids is 1. The number of hydrogen-bond acceptors (Lipinski definition) is 7. The third-order valence-electron chi connectivity index (χ3n) is 9.10. The summed E-state index contributed by atoms with van der Waals surface area (Å²) >= 11 is 6.32. The van der Waals surface area contributed by atoms with Gasteiger partial charge in [0.2, 0.25) is 10.0 Å². The Morgan fingerprint density at radius 1 is 1.05 bits per heavy atom. The highest BCUT2D eigenvalue weighted by Gasteiger charge is 2.42. The summed E-state index contributed by atoms with van der Waals surface area (Å²) in [7, 11) is -3.87. The Balaban J connectivity index is 1.36. The lowest BCUT2D eigenvalue weighted by Crippen LogP contribution is -2.49. The maximum Gasteiger partial charge on any atom is 0.264 e. The van der Waals surface area contributed by atoms with Crippen molar-refractivity contribution in [2.24, 2.45) is 11.8 Å². The first-order valence-corrected chi connectivity index (χ1v) is 16.9. The van der Waals surface area contributed by atoms with E-state index in [1.165, 1.54) is 5.56 Å². The summed E-state index contributed by atoms with van der Waals surface area (Å²) in [4.78, 5) is 15.5. The van der Waals surface area contributed by atoms with Gasteiger partial charge in [0, 0.05) is 30.1 Å². The summed E-state index contributed by atoms with van der Waals surface area (Å²) < 4.78 is 46.7. The van der Waals surface area contributed by atoms with E-state index in [0.29, 0.717) is 24.2 Å². The molecular weight excluding hydrogens is 564 g/mol. The van der Waals surface area contributed by atoms with Crippen LogP contribution in [0.4, 0.5) is 5.69 Å². The van der Waals surface area contributed by atoms with Crippen molar-refractivity contribution in [1.29, 1.82) is 0 Å². The smallest absolute Gasteiger partial charge is 0.264 e. The summed E-state index contributed by atoms with van der Waals surface area (Å²) in [6, 6.07) is 11.1. The van der Waals surface area contributed by atoms with Crippen LogP contribution in [-0.4, -0.2) is 58.1 Å². The van der Waals surface area contributed by atoms with Gasteiger partial charge in [0.05, 0.1) is 36.4 Å². The third kappa shape index (κ3) is 6.69. The Morgan fingerprint density at radius 3 is 2.76 bits per heavy atom. The van der Waals surface area contributed by atoms with Gasteiger partial charge in [-0.05, 0) is 98.7 Å². The number of fused-ring (bicyclic) bond motifs is 6. The number of anilines is 1. The predicted molar refractivity (Wildman–Crippen MR) is 158 cm³/mol. The molecule has 5 atom stereocenters. The van der Waals surface area contributed by atoms with Crippen molar-refractivity contribution in [3.63, 3.8) is 0 Å². The van der Waals surface area contributed by atoms with Crippen molar-refractivity contribution >= 4 is 33.2 Å². The highest BCUT2D eigenvalue weighted by Crippen LogP contribution is 2.44. The van der Waals surface area contributed by atoms with Crippen molar-refractivity contribution in [2.75, 3.05) is 30.3 Å². The number of rotatable bonds is 0. The van der Waals surface area contributed by atoms with Crippen LogP contribution in [0.3, 0.4) is 0 Å². The minimum atomic E-state index is -3.87. The number of hydrogen-bond donors (Lipinski definition) is 1. The molecule has 0 spiro atoms. The van der Waals surface area contributed by atoms with Crippen LogP contribution < -0.4 is 14.4 Å². The third-order valence-corrected chi connectivity index (χ3v) is 10.5. The van der Waals surface area contributed by atoms with Gasteiger partial charge in [0.25, 0.3) is 5.91 Å². The van der Waals surface area contributed by atoms with Crippen LogP contribution >= 0.6 is 11.6 Å². The molecule has 1 amide bonds. The fourth-order valence-electron chi connectivity index (χ4n) is 6.80. The van der Waals surface area contributed by atoms with Gasteiger partial charge in [-0.3, -0.25) is 4.79 Å². The first-order valence-electron chi connectivity index (χ1n) is 14.8. The van der Waals surface area contributed by atoms with Crippen LogP contribution in [0, 0.1) is 11.8 Å². The topological polar surface area (TPSA) is 94.2 Å². The normalized spacial score (nSPS) is 30.3. The molecule has 8 nitrogen and oxygen atoms in total. The lowest BCUT2D eigenvalue weighted by atomic mass is 9.68. The summed E-state index contributed by atoms with van der Waals surface area (Å²) in [5.41, 5.74) is 3.40. The van der Waals surface area contributed by atoms with E-state index in [2.05, 4.69) is 16.5 Å². The van der Waals surface area contributed by atoms with Crippen LogP contribution in [0.1, 0.15) is 66.9 Å². The van der Waals surface area contributed by atoms with Gasteiger partial charge in [-0.25, -0.2) is 13.1 Å². The van der Waals surface area contributed by atoms with Crippen molar-refractivity contribution in [1.82, 2.24) is 4.72 Å². The summed E-state index contributed by atoms with van der Waals surface area (Å²) in [6.07, 6.45) is 6.71. The molecular formula is C31H39ClN2O6S. The molecule has 1 saturated heterocycles. The molecule has 6 rings (SSSR count). The first kappa shape index (κ1) is 28.8. The molecule has 1 N–H and O–H groups in total. The van der Waals surface area contributed by atoms with Crippen LogP contribution in [0.25, 0.3) is 0 Å². The Hall–Kier alpha value is -2.33. The number of carbonyl (C=O) groups is 1. The molecule has 0 radical (unpaired) electrons. The molecule has 0 unspecified atom stereocenters. The largest absolute Gasteiger partial charge is 0.487 e. The lowest BCUT2D eigenvalue weighted by Gasteiger charge is -2.47. The minimum absolute atomic E-state index is 0.0410. The van der Waals surface area contributed by atoms with E-state index in [1.54, 1.807) is 18.2 Å². The van der Waals surface area contributed by atoms with Gasteiger partial charge >= 0.3 is 0 Å². The number of aryl methyl sites for hydroxylation is 1. The average molecular weight is 603 g/mol. The first-order chi connectivity index (χ1) is 19.7. The van der Waals surface area contributed by atoms with Gasteiger partial charge in [0.1, 0.15) is 12.4 Å². The SMILES string of the molecule is C[C@@H]1C[C@@H]2C[C@H](O1)[C@@H]1CC[C@H]1CN1CCCCc3cc(Cl)ccc3COc3ccc(cc31)C(=O)NS(=O)(=O)CCO2. The predicted octanol–water partition coefficient (Wildman–Crippen LogP) is 5.11.